The Morgan fingerprint density at radius 1 is 1.00 bits per heavy atom. The summed E-state index contributed by atoms with van der Waals surface area (Å²) in [5, 5.41) is 7.39. The molecule has 1 aliphatic rings. The van der Waals surface area contributed by atoms with E-state index in [9.17, 15) is 4.79 Å². The third-order valence-electron chi connectivity index (χ3n) is 6.18. The fourth-order valence-electron chi connectivity index (χ4n) is 4.38. The van der Waals surface area contributed by atoms with Gasteiger partial charge in [-0.2, -0.15) is 4.98 Å². The summed E-state index contributed by atoms with van der Waals surface area (Å²) >= 11 is 0. The van der Waals surface area contributed by atoms with E-state index in [1.165, 1.54) is 0 Å². The van der Waals surface area contributed by atoms with Crippen LogP contribution in [0.3, 0.4) is 0 Å². The maximum absolute atomic E-state index is 13.3. The molecule has 7 nitrogen and oxygen atoms in total. The Bertz CT molecular complexity index is 1390. The first-order chi connectivity index (χ1) is 17.0. The molecular formula is C28H26N4O3. The number of amides is 2. The zero-order valence-corrected chi connectivity index (χ0v) is 19.9. The molecule has 1 atom stereocenters. The van der Waals surface area contributed by atoms with Crippen LogP contribution in [-0.4, -0.2) is 28.2 Å². The minimum Gasteiger partial charge on any atom is -0.496 e. The average molecular weight is 467 g/mol. The lowest BCUT2D eigenvalue weighted by Gasteiger charge is -2.35. The van der Waals surface area contributed by atoms with E-state index in [-0.39, 0.29) is 6.03 Å². The van der Waals surface area contributed by atoms with Crippen LogP contribution >= 0.6 is 0 Å². The number of carbonyl (C=O) groups is 1. The van der Waals surface area contributed by atoms with Crippen molar-refractivity contribution in [2.45, 2.75) is 26.4 Å². The lowest BCUT2D eigenvalue weighted by atomic mass is 9.94. The van der Waals surface area contributed by atoms with Crippen LogP contribution in [-0.2, 0) is 6.54 Å². The topological polar surface area (TPSA) is 80.5 Å². The number of aryl methyl sites for hydroxylation is 1. The Labute approximate surface area is 204 Å². The highest BCUT2D eigenvalue weighted by Gasteiger charge is 2.36. The van der Waals surface area contributed by atoms with Gasteiger partial charge in [-0.1, -0.05) is 77.5 Å². The van der Waals surface area contributed by atoms with Gasteiger partial charge in [-0.3, -0.25) is 4.90 Å². The molecule has 5 rings (SSSR count). The number of para-hydroxylation sites is 1. The normalized spacial score (nSPS) is 15.8. The number of urea groups is 1. The van der Waals surface area contributed by atoms with E-state index in [2.05, 4.69) is 10.5 Å². The van der Waals surface area contributed by atoms with Crippen LogP contribution in [0, 0.1) is 6.92 Å². The van der Waals surface area contributed by atoms with Crippen molar-refractivity contribution in [3.05, 3.63) is 107 Å². The van der Waals surface area contributed by atoms with Crippen molar-refractivity contribution in [1.82, 2.24) is 20.4 Å². The summed E-state index contributed by atoms with van der Waals surface area (Å²) in [6.45, 7) is 4.27. The van der Waals surface area contributed by atoms with Crippen molar-refractivity contribution < 1.29 is 14.1 Å². The largest absolute Gasteiger partial charge is 0.496 e. The van der Waals surface area contributed by atoms with E-state index in [1.807, 2.05) is 92.7 Å². The van der Waals surface area contributed by atoms with Gasteiger partial charge in [-0.25, -0.2) is 4.79 Å². The van der Waals surface area contributed by atoms with Gasteiger partial charge in [-0.15, -0.1) is 0 Å². The van der Waals surface area contributed by atoms with E-state index in [0.717, 1.165) is 39.3 Å². The molecule has 0 aliphatic carbocycles. The van der Waals surface area contributed by atoms with E-state index in [0.29, 0.717) is 18.3 Å². The van der Waals surface area contributed by atoms with Gasteiger partial charge in [0.15, 0.2) is 0 Å². The van der Waals surface area contributed by atoms with Crippen molar-refractivity contribution >= 4 is 11.6 Å². The van der Waals surface area contributed by atoms with Crippen LogP contribution in [0.2, 0.25) is 0 Å². The summed E-state index contributed by atoms with van der Waals surface area (Å²) in [6.07, 6.45) is 0. The number of methoxy groups -OCH3 is 1. The molecule has 1 aromatic heterocycles. The molecule has 1 aliphatic heterocycles. The summed E-state index contributed by atoms with van der Waals surface area (Å²) in [4.78, 5) is 19.7. The maximum Gasteiger partial charge on any atom is 0.322 e. The number of aromatic nitrogens is 2. The Morgan fingerprint density at radius 2 is 1.77 bits per heavy atom. The third-order valence-corrected chi connectivity index (χ3v) is 6.18. The molecule has 0 saturated heterocycles. The van der Waals surface area contributed by atoms with Crippen LogP contribution in [0.1, 0.15) is 35.5 Å². The first-order valence-corrected chi connectivity index (χ1v) is 11.4. The lowest BCUT2D eigenvalue weighted by Crippen LogP contribution is -2.45. The van der Waals surface area contributed by atoms with E-state index in [1.54, 1.807) is 12.0 Å². The third kappa shape index (κ3) is 4.40. The molecule has 0 saturated carbocycles. The number of hydrogen-bond acceptors (Lipinski definition) is 5. The first-order valence-electron chi connectivity index (χ1n) is 11.4. The van der Waals surface area contributed by atoms with Crippen LogP contribution in [0.15, 0.2) is 89.1 Å². The van der Waals surface area contributed by atoms with Crippen LogP contribution < -0.4 is 10.1 Å². The van der Waals surface area contributed by atoms with Gasteiger partial charge in [0.2, 0.25) is 5.82 Å². The number of nitrogens with one attached hydrogen (secondary N) is 1. The smallest absolute Gasteiger partial charge is 0.322 e. The molecule has 2 amide bonds. The summed E-state index contributed by atoms with van der Waals surface area (Å²) in [5.41, 5.74) is 5.32. The first kappa shape index (κ1) is 22.4. The van der Waals surface area contributed by atoms with E-state index in [4.69, 9.17) is 14.2 Å². The number of carbonyl (C=O) groups excluding carboxylic acids is 1. The molecule has 176 valence electrons. The van der Waals surface area contributed by atoms with Gasteiger partial charge in [-0.05, 0) is 31.5 Å². The molecule has 0 radical (unpaired) electrons. The second-order valence-electron chi connectivity index (χ2n) is 8.48. The SMILES string of the molecule is COc1ccccc1CN1C(=O)NC(c2ccccc2)C(c2nc(-c3cccc(C)c3)no2)=C1C. The maximum atomic E-state index is 13.3. The highest BCUT2D eigenvalue weighted by Crippen LogP contribution is 2.38. The fourth-order valence-corrected chi connectivity index (χ4v) is 4.38. The highest BCUT2D eigenvalue weighted by molar-refractivity contribution is 5.87. The van der Waals surface area contributed by atoms with Crippen molar-refractivity contribution in [1.29, 1.82) is 0 Å². The zero-order chi connectivity index (χ0) is 24.4. The Kier molecular flexibility index (Phi) is 6.06. The van der Waals surface area contributed by atoms with Crippen molar-refractivity contribution in [2.75, 3.05) is 7.11 Å². The summed E-state index contributed by atoms with van der Waals surface area (Å²) in [5.74, 6) is 1.60. The molecule has 0 spiro atoms. The average Bonchev–Trinajstić information content (AvgIpc) is 3.37. The van der Waals surface area contributed by atoms with Crippen molar-refractivity contribution in [2.24, 2.45) is 0 Å². The number of ether oxygens (including phenoxy) is 1. The highest BCUT2D eigenvalue weighted by atomic mass is 16.5. The van der Waals surface area contributed by atoms with Gasteiger partial charge in [0.25, 0.3) is 5.89 Å². The molecule has 35 heavy (non-hydrogen) atoms. The molecule has 2 heterocycles. The molecule has 0 bridgehead atoms. The minimum absolute atomic E-state index is 0.204. The quantitative estimate of drug-likeness (QED) is 0.391. The summed E-state index contributed by atoms with van der Waals surface area (Å²) in [7, 11) is 1.62. The number of nitrogens with zero attached hydrogens (tertiary/aromatic N) is 3. The standard InChI is InChI=1S/C28H26N4O3/c1-18-10-9-14-21(16-18)26-30-27(35-31-26)24-19(2)32(17-22-13-7-8-15-23(22)34-3)28(33)29-25(24)20-11-5-4-6-12-20/h4-16,25H,17H2,1-3H3,(H,29,33). The van der Waals surface area contributed by atoms with E-state index < -0.39 is 6.04 Å². The van der Waals surface area contributed by atoms with Gasteiger partial charge in [0, 0.05) is 16.8 Å². The van der Waals surface area contributed by atoms with Crippen LogP contribution in [0.4, 0.5) is 4.79 Å². The predicted octanol–water partition coefficient (Wildman–Crippen LogP) is 5.75. The fraction of sp³-hybridized carbons (Fsp3) is 0.179. The molecule has 1 unspecified atom stereocenters. The van der Waals surface area contributed by atoms with Gasteiger partial charge in [0.1, 0.15) is 5.75 Å². The lowest BCUT2D eigenvalue weighted by molar-refractivity contribution is 0.202. The Hall–Kier alpha value is -4.39. The van der Waals surface area contributed by atoms with Gasteiger partial charge in [0.05, 0.1) is 25.3 Å². The van der Waals surface area contributed by atoms with Gasteiger partial charge < -0.3 is 14.6 Å². The second-order valence-corrected chi connectivity index (χ2v) is 8.48. The zero-order valence-electron chi connectivity index (χ0n) is 19.9. The minimum atomic E-state index is -0.427. The molecular weight excluding hydrogens is 440 g/mol. The molecule has 7 heteroatoms. The number of allylic oxidation sites excluding steroid dienone is 1. The summed E-state index contributed by atoms with van der Waals surface area (Å²) in [6, 6.07) is 24.8. The summed E-state index contributed by atoms with van der Waals surface area (Å²) < 4.78 is 11.3. The van der Waals surface area contributed by atoms with Crippen molar-refractivity contribution in [3.63, 3.8) is 0 Å². The number of rotatable bonds is 6. The van der Waals surface area contributed by atoms with Crippen LogP contribution in [0.5, 0.6) is 5.75 Å². The molecule has 0 fully saturated rings. The molecule has 4 aromatic rings. The van der Waals surface area contributed by atoms with E-state index >= 15 is 0 Å². The Balaban J connectivity index is 1.60. The number of hydrogen-bond donors (Lipinski definition) is 1. The molecule has 1 N–H and O–H groups in total. The second kappa shape index (κ2) is 9.46. The predicted molar refractivity (Wildman–Crippen MR) is 133 cm³/mol. The van der Waals surface area contributed by atoms with Gasteiger partial charge >= 0.3 is 6.03 Å². The van der Waals surface area contributed by atoms with Crippen molar-refractivity contribution in [3.8, 4) is 17.1 Å². The molecule has 3 aromatic carbocycles. The monoisotopic (exact) mass is 466 g/mol. The number of benzene rings is 3. The Morgan fingerprint density at radius 3 is 2.54 bits per heavy atom. The van der Waals surface area contributed by atoms with Crippen LogP contribution in [0.25, 0.3) is 17.0 Å².